The maximum absolute atomic E-state index is 10.4. The van der Waals surface area contributed by atoms with Crippen LogP contribution < -0.4 is 10.1 Å². The van der Waals surface area contributed by atoms with Crippen LogP contribution in [0.2, 0.25) is 0 Å². The normalized spacial score (nSPS) is 9.73. The van der Waals surface area contributed by atoms with Gasteiger partial charge in [-0.15, -0.1) is 0 Å². The van der Waals surface area contributed by atoms with Gasteiger partial charge in [-0.05, 0) is 25.1 Å². The van der Waals surface area contributed by atoms with Crippen molar-refractivity contribution in [2.75, 3.05) is 6.61 Å². The lowest BCUT2D eigenvalue weighted by molar-refractivity contribution is 0.194. The molecule has 1 amide bonds. The molecule has 0 fully saturated rings. The summed E-state index contributed by atoms with van der Waals surface area (Å²) in [5.41, 5.74) is 0.814. The average Bonchev–Trinajstić information content (AvgIpc) is 2.18. The van der Waals surface area contributed by atoms with Gasteiger partial charge < -0.3 is 15.2 Å². The van der Waals surface area contributed by atoms with Crippen LogP contribution >= 0.6 is 15.9 Å². The van der Waals surface area contributed by atoms with Gasteiger partial charge in [0.1, 0.15) is 5.75 Å². The summed E-state index contributed by atoms with van der Waals surface area (Å²) in [7, 11) is 0. The summed E-state index contributed by atoms with van der Waals surface area (Å²) < 4.78 is 6.27. The molecule has 0 saturated heterocycles. The van der Waals surface area contributed by atoms with E-state index in [0.717, 1.165) is 10.0 Å². The standard InChI is InChI=1S/C10H12BrNO3/c1-2-15-9-4-3-8(11)5-7(9)6-12-10(13)14/h3-5,12H,2,6H2,1H3,(H,13,14). The fourth-order valence-corrected chi connectivity index (χ4v) is 1.56. The second kappa shape index (κ2) is 5.60. The third kappa shape index (κ3) is 3.79. The molecule has 0 spiro atoms. The summed E-state index contributed by atoms with van der Waals surface area (Å²) >= 11 is 3.32. The van der Waals surface area contributed by atoms with Crippen LogP contribution in [0.15, 0.2) is 22.7 Å². The van der Waals surface area contributed by atoms with Gasteiger partial charge in [0.2, 0.25) is 0 Å². The lowest BCUT2D eigenvalue weighted by Gasteiger charge is -2.10. The van der Waals surface area contributed by atoms with Crippen molar-refractivity contribution in [2.45, 2.75) is 13.5 Å². The molecule has 15 heavy (non-hydrogen) atoms. The first-order chi connectivity index (χ1) is 7.13. The summed E-state index contributed by atoms with van der Waals surface area (Å²) in [5.74, 6) is 0.703. The molecule has 5 heteroatoms. The number of hydrogen-bond acceptors (Lipinski definition) is 2. The molecule has 1 aromatic carbocycles. The Labute approximate surface area is 96.4 Å². The predicted octanol–water partition coefficient (Wildman–Crippen LogP) is 2.62. The Balaban J connectivity index is 2.81. The number of carbonyl (C=O) groups is 1. The number of amides is 1. The van der Waals surface area contributed by atoms with Crippen molar-refractivity contribution in [3.05, 3.63) is 28.2 Å². The van der Waals surface area contributed by atoms with Crippen LogP contribution in [0.5, 0.6) is 5.75 Å². The number of rotatable bonds is 4. The van der Waals surface area contributed by atoms with Crippen molar-refractivity contribution in [3.8, 4) is 5.75 Å². The zero-order chi connectivity index (χ0) is 11.3. The SMILES string of the molecule is CCOc1ccc(Br)cc1CNC(=O)O. The Morgan fingerprint density at radius 1 is 1.60 bits per heavy atom. The van der Waals surface area contributed by atoms with Crippen LogP contribution in [0.25, 0.3) is 0 Å². The minimum atomic E-state index is -1.04. The van der Waals surface area contributed by atoms with Gasteiger partial charge in [-0.1, -0.05) is 15.9 Å². The number of carboxylic acid groups (broad SMARTS) is 1. The number of ether oxygens (including phenoxy) is 1. The molecule has 82 valence electrons. The maximum Gasteiger partial charge on any atom is 0.404 e. The van der Waals surface area contributed by atoms with Gasteiger partial charge in [-0.2, -0.15) is 0 Å². The third-order valence-electron chi connectivity index (χ3n) is 1.75. The zero-order valence-corrected chi connectivity index (χ0v) is 9.87. The van der Waals surface area contributed by atoms with Gasteiger partial charge in [-0.25, -0.2) is 4.79 Å². The number of nitrogens with one attached hydrogen (secondary N) is 1. The molecular formula is C10H12BrNO3. The highest BCUT2D eigenvalue weighted by Gasteiger charge is 2.05. The van der Waals surface area contributed by atoms with Crippen molar-refractivity contribution >= 4 is 22.0 Å². The van der Waals surface area contributed by atoms with E-state index in [1.807, 2.05) is 25.1 Å². The largest absolute Gasteiger partial charge is 0.494 e. The molecule has 0 radical (unpaired) electrons. The molecule has 0 aliphatic rings. The summed E-state index contributed by atoms with van der Waals surface area (Å²) in [5, 5.41) is 10.8. The van der Waals surface area contributed by atoms with Crippen LogP contribution in [-0.2, 0) is 6.54 Å². The second-order valence-corrected chi connectivity index (χ2v) is 3.76. The van der Waals surface area contributed by atoms with E-state index in [1.54, 1.807) is 0 Å². The summed E-state index contributed by atoms with van der Waals surface area (Å²) in [4.78, 5) is 10.4. The monoisotopic (exact) mass is 273 g/mol. The first-order valence-electron chi connectivity index (χ1n) is 4.51. The molecule has 4 nitrogen and oxygen atoms in total. The predicted molar refractivity (Wildman–Crippen MR) is 60.2 cm³/mol. The molecule has 0 aliphatic heterocycles. The first-order valence-corrected chi connectivity index (χ1v) is 5.30. The van der Waals surface area contributed by atoms with Crippen LogP contribution in [-0.4, -0.2) is 17.8 Å². The quantitative estimate of drug-likeness (QED) is 0.887. The van der Waals surface area contributed by atoms with Gasteiger partial charge in [0.05, 0.1) is 6.61 Å². The Bertz CT molecular complexity index is 355. The number of hydrogen-bond donors (Lipinski definition) is 2. The summed E-state index contributed by atoms with van der Waals surface area (Å²) in [6.45, 7) is 2.68. The van der Waals surface area contributed by atoms with E-state index >= 15 is 0 Å². The lowest BCUT2D eigenvalue weighted by atomic mass is 10.2. The van der Waals surface area contributed by atoms with Crippen molar-refractivity contribution in [3.63, 3.8) is 0 Å². The highest BCUT2D eigenvalue weighted by molar-refractivity contribution is 9.10. The van der Waals surface area contributed by atoms with E-state index in [2.05, 4.69) is 21.2 Å². The van der Waals surface area contributed by atoms with Crippen LogP contribution in [0.1, 0.15) is 12.5 Å². The van der Waals surface area contributed by atoms with Crippen molar-refractivity contribution in [2.24, 2.45) is 0 Å². The molecule has 2 N–H and O–H groups in total. The fraction of sp³-hybridized carbons (Fsp3) is 0.300. The number of benzene rings is 1. The Kier molecular flexibility index (Phi) is 4.42. The second-order valence-electron chi connectivity index (χ2n) is 2.84. The molecule has 0 aliphatic carbocycles. The highest BCUT2D eigenvalue weighted by atomic mass is 79.9. The molecule has 1 rings (SSSR count). The van der Waals surface area contributed by atoms with Gasteiger partial charge in [0, 0.05) is 16.6 Å². The molecule has 0 bridgehead atoms. The molecule has 0 heterocycles. The Morgan fingerprint density at radius 2 is 2.33 bits per heavy atom. The fourth-order valence-electron chi connectivity index (χ4n) is 1.15. The summed E-state index contributed by atoms with van der Waals surface area (Å²) in [6.07, 6.45) is -1.04. The summed E-state index contributed by atoms with van der Waals surface area (Å²) in [6, 6.07) is 5.50. The smallest absolute Gasteiger partial charge is 0.404 e. The van der Waals surface area contributed by atoms with E-state index in [-0.39, 0.29) is 6.54 Å². The van der Waals surface area contributed by atoms with Crippen molar-refractivity contribution < 1.29 is 14.6 Å². The van der Waals surface area contributed by atoms with Gasteiger partial charge in [0.25, 0.3) is 0 Å². The minimum absolute atomic E-state index is 0.240. The highest BCUT2D eigenvalue weighted by Crippen LogP contribution is 2.23. The topological polar surface area (TPSA) is 58.6 Å². The number of halogens is 1. The van der Waals surface area contributed by atoms with E-state index in [9.17, 15) is 4.79 Å². The Hall–Kier alpha value is -1.23. The zero-order valence-electron chi connectivity index (χ0n) is 8.29. The van der Waals surface area contributed by atoms with Gasteiger partial charge >= 0.3 is 6.09 Å². The third-order valence-corrected chi connectivity index (χ3v) is 2.25. The van der Waals surface area contributed by atoms with Gasteiger partial charge in [-0.3, -0.25) is 0 Å². The van der Waals surface area contributed by atoms with Crippen molar-refractivity contribution in [1.82, 2.24) is 5.32 Å². The molecule has 0 saturated carbocycles. The molecular weight excluding hydrogens is 262 g/mol. The molecule has 0 unspecified atom stereocenters. The van der Waals surface area contributed by atoms with Crippen LogP contribution in [0, 0.1) is 0 Å². The van der Waals surface area contributed by atoms with Crippen LogP contribution in [0.3, 0.4) is 0 Å². The van der Waals surface area contributed by atoms with E-state index < -0.39 is 6.09 Å². The van der Waals surface area contributed by atoms with Gasteiger partial charge in [0.15, 0.2) is 0 Å². The first kappa shape index (κ1) is 11.8. The van der Waals surface area contributed by atoms with Crippen LogP contribution in [0.4, 0.5) is 4.79 Å². The minimum Gasteiger partial charge on any atom is -0.494 e. The molecule has 1 aromatic rings. The lowest BCUT2D eigenvalue weighted by Crippen LogP contribution is -2.20. The van der Waals surface area contributed by atoms with Crippen molar-refractivity contribution in [1.29, 1.82) is 0 Å². The maximum atomic E-state index is 10.4. The Morgan fingerprint density at radius 3 is 2.93 bits per heavy atom. The van der Waals surface area contributed by atoms with E-state index in [1.165, 1.54) is 0 Å². The average molecular weight is 274 g/mol. The van der Waals surface area contributed by atoms with E-state index in [4.69, 9.17) is 9.84 Å². The molecule has 0 aromatic heterocycles. The molecule has 0 atom stereocenters. The van der Waals surface area contributed by atoms with E-state index in [0.29, 0.717) is 12.4 Å².